The first-order valence-corrected chi connectivity index (χ1v) is 9.26. The first-order valence-electron chi connectivity index (χ1n) is 7.58. The number of nitrogens with zero attached hydrogens (tertiary/aromatic N) is 2. The molecular formula is C17H16BrFN2O2S. The van der Waals surface area contributed by atoms with E-state index >= 15 is 0 Å². The van der Waals surface area contributed by atoms with Gasteiger partial charge < -0.3 is 9.80 Å². The van der Waals surface area contributed by atoms with Gasteiger partial charge in [-0.1, -0.05) is 12.1 Å². The summed E-state index contributed by atoms with van der Waals surface area (Å²) in [7, 11) is 0. The van der Waals surface area contributed by atoms with E-state index in [1.54, 1.807) is 21.9 Å². The lowest BCUT2D eigenvalue weighted by molar-refractivity contribution is -0.131. The molecule has 126 valence electrons. The topological polar surface area (TPSA) is 40.6 Å². The summed E-state index contributed by atoms with van der Waals surface area (Å²) in [6.07, 6.45) is 0.256. The number of hydrogen-bond acceptors (Lipinski definition) is 3. The monoisotopic (exact) mass is 410 g/mol. The zero-order chi connectivity index (χ0) is 17.1. The fourth-order valence-electron chi connectivity index (χ4n) is 2.65. The van der Waals surface area contributed by atoms with Gasteiger partial charge in [-0.25, -0.2) is 4.39 Å². The number of rotatable bonds is 3. The third kappa shape index (κ3) is 4.02. The van der Waals surface area contributed by atoms with Crippen LogP contribution in [0.4, 0.5) is 4.39 Å². The minimum atomic E-state index is -0.307. The molecule has 2 amide bonds. The van der Waals surface area contributed by atoms with E-state index in [1.807, 2.05) is 11.4 Å². The van der Waals surface area contributed by atoms with E-state index in [4.69, 9.17) is 0 Å². The maximum absolute atomic E-state index is 12.9. The van der Waals surface area contributed by atoms with Crippen LogP contribution in [0.25, 0.3) is 0 Å². The lowest BCUT2D eigenvalue weighted by Gasteiger charge is -2.34. The maximum atomic E-state index is 12.9. The van der Waals surface area contributed by atoms with Gasteiger partial charge in [-0.15, -0.1) is 11.3 Å². The van der Waals surface area contributed by atoms with Crippen molar-refractivity contribution in [2.45, 2.75) is 6.42 Å². The first kappa shape index (κ1) is 17.1. The predicted octanol–water partition coefficient (Wildman–Crippen LogP) is 3.18. The fraction of sp³-hybridized carbons (Fsp3) is 0.294. The van der Waals surface area contributed by atoms with Crippen molar-refractivity contribution in [3.63, 3.8) is 0 Å². The SMILES string of the molecule is O=C(Cc1ccc(F)cc1)N1CCN(C(=O)c2csc(Br)c2)CC1. The Balaban J connectivity index is 1.53. The summed E-state index contributed by atoms with van der Waals surface area (Å²) in [5.41, 5.74) is 1.47. The highest BCUT2D eigenvalue weighted by Crippen LogP contribution is 2.22. The van der Waals surface area contributed by atoms with E-state index in [1.165, 1.54) is 23.5 Å². The van der Waals surface area contributed by atoms with Crippen LogP contribution in [-0.2, 0) is 11.2 Å². The van der Waals surface area contributed by atoms with Gasteiger partial charge in [0, 0.05) is 31.6 Å². The van der Waals surface area contributed by atoms with Gasteiger partial charge in [0.05, 0.1) is 15.8 Å². The molecule has 0 spiro atoms. The number of halogens is 2. The highest BCUT2D eigenvalue weighted by Gasteiger charge is 2.25. The summed E-state index contributed by atoms with van der Waals surface area (Å²) >= 11 is 4.84. The summed E-state index contributed by atoms with van der Waals surface area (Å²) in [6, 6.07) is 7.79. The summed E-state index contributed by atoms with van der Waals surface area (Å²) in [6.45, 7) is 2.11. The van der Waals surface area contributed by atoms with E-state index in [-0.39, 0.29) is 24.1 Å². The van der Waals surface area contributed by atoms with Crippen molar-refractivity contribution in [1.29, 1.82) is 0 Å². The van der Waals surface area contributed by atoms with Crippen molar-refractivity contribution in [3.05, 3.63) is 56.4 Å². The molecule has 0 N–H and O–H groups in total. The number of benzene rings is 1. The van der Waals surface area contributed by atoms with Crippen LogP contribution in [0.1, 0.15) is 15.9 Å². The second kappa shape index (κ2) is 7.44. The number of amides is 2. The molecule has 3 rings (SSSR count). The Hall–Kier alpha value is -1.73. The minimum Gasteiger partial charge on any atom is -0.339 e. The predicted molar refractivity (Wildman–Crippen MR) is 94.6 cm³/mol. The van der Waals surface area contributed by atoms with E-state index in [0.717, 1.165) is 9.35 Å². The lowest BCUT2D eigenvalue weighted by atomic mass is 10.1. The van der Waals surface area contributed by atoms with Crippen LogP contribution >= 0.6 is 27.3 Å². The van der Waals surface area contributed by atoms with Crippen molar-refractivity contribution in [2.75, 3.05) is 26.2 Å². The van der Waals surface area contributed by atoms with Crippen molar-refractivity contribution < 1.29 is 14.0 Å². The van der Waals surface area contributed by atoms with Crippen LogP contribution in [0.15, 0.2) is 39.5 Å². The number of hydrogen-bond donors (Lipinski definition) is 0. The molecule has 0 bridgehead atoms. The van der Waals surface area contributed by atoms with Gasteiger partial charge in [-0.05, 0) is 39.7 Å². The molecule has 24 heavy (non-hydrogen) atoms. The number of thiophene rings is 1. The standard InChI is InChI=1S/C17H16BrFN2O2S/c18-15-10-13(11-24-15)17(23)21-7-5-20(6-8-21)16(22)9-12-1-3-14(19)4-2-12/h1-4,10-11H,5-9H2. The van der Waals surface area contributed by atoms with Gasteiger partial charge in [0.1, 0.15) is 5.82 Å². The zero-order valence-electron chi connectivity index (χ0n) is 12.9. The van der Waals surface area contributed by atoms with Gasteiger partial charge >= 0.3 is 0 Å². The van der Waals surface area contributed by atoms with Gasteiger partial charge in [0.15, 0.2) is 0 Å². The van der Waals surface area contributed by atoms with Crippen molar-refractivity contribution in [3.8, 4) is 0 Å². The molecule has 0 radical (unpaired) electrons. The Morgan fingerprint density at radius 2 is 1.71 bits per heavy atom. The van der Waals surface area contributed by atoms with E-state index in [0.29, 0.717) is 31.7 Å². The van der Waals surface area contributed by atoms with E-state index < -0.39 is 0 Å². The smallest absolute Gasteiger partial charge is 0.254 e. The Kier molecular flexibility index (Phi) is 5.30. The zero-order valence-corrected chi connectivity index (χ0v) is 15.3. The molecular weight excluding hydrogens is 395 g/mol. The molecule has 1 fully saturated rings. The Labute approximate surface area is 152 Å². The molecule has 4 nitrogen and oxygen atoms in total. The molecule has 1 saturated heterocycles. The van der Waals surface area contributed by atoms with Gasteiger partial charge in [-0.2, -0.15) is 0 Å². The lowest BCUT2D eigenvalue weighted by Crippen LogP contribution is -2.50. The van der Waals surface area contributed by atoms with Crippen LogP contribution in [0.2, 0.25) is 0 Å². The van der Waals surface area contributed by atoms with Crippen LogP contribution < -0.4 is 0 Å². The second-order valence-electron chi connectivity index (χ2n) is 5.62. The van der Waals surface area contributed by atoms with Crippen molar-refractivity contribution >= 4 is 39.1 Å². The summed E-state index contributed by atoms with van der Waals surface area (Å²) < 4.78 is 13.8. The second-order valence-corrected chi connectivity index (χ2v) is 7.91. The molecule has 0 saturated carbocycles. The van der Waals surface area contributed by atoms with Gasteiger partial charge in [0.2, 0.25) is 5.91 Å². The molecule has 1 aromatic carbocycles. The van der Waals surface area contributed by atoms with Crippen LogP contribution in [0, 0.1) is 5.82 Å². The molecule has 2 aromatic rings. The van der Waals surface area contributed by atoms with Crippen molar-refractivity contribution in [1.82, 2.24) is 9.80 Å². The largest absolute Gasteiger partial charge is 0.339 e. The highest BCUT2D eigenvalue weighted by molar-refractivity contribution is 9.11. The molecule has 1 aromatic heterocycles. The van der Waals surface area contributed by atoms with E-state index in [9.17, 15) is 14.0 Å². The molecule has 1 aliphatic rings. The number of piperazine rings is 1. The molecule has 0 atom stereocenters. The van der Waals surface area contributed by atoms with Gasteiger partial charge in [-0.3, -0.25) is 9.59 Å². The number of carbonyl (C=O) groups excluding carboxylic acids is 2. The minimum absolute atomic E-state index is 0.00239. The summed E-state index contributed by atoms with van der Waals surface area (Å²) in [5, 5.41) is 1.83. The molecule has 0 unspecified atom stereocenters. The highest BCUT2D eigenvalue weighted by atomic mass is 79.9. The third-order valence-electron chi connectivity index (χ3n) is 4.00. The average Bonchev–Trinajstić information content (AvgIpc) is 3.03. The molecule has 7 heteroatoms. The van der Waals surface area contributed by atoms with E-state index in [2.05, 4.69) is 15.9 Å². The Morgan fingerprint density at radius 1 is 1.08 bits per heavy atom. The molecule has 1 aliphatic heterocycles. The van der Waals surface area contributed by atoms with Crippen LogP contribution in [0.3, 0.4) is 0 Å². The quantitative estimate of drug-likeness (QED) is 0.779. The molecule has 2 heterocycles. The van der Waals surface area contributed by atoms with Crippen molar-refractivity contribution in [2.24, 2.45) is 0 Å². The number of carbonyl (C=O) groups is 2. The van der Waals surface area contributed by atoms with Crippen LogP contribution in [0.5, 0.6) is 0 Å². The molecule has 0 aliphatic carbocycles. The van der Waals surface area contributed by atoms with Crippen LogP contribution in [-0.4, -0.2) is 47.8 Å². The maximum Gasteiger partial charge on any atom is 0.254 e. The summed E-state index contributed by atoms with van der Waals surface area (Å²) in [5.74, 6) is -0.298. The third-order valence-corrected chi connectivity index (χ3v) is 5.51. The Morgan fingerprint density at radius 3 is 2.29 bits per heavy atom. The van der Waals surface area contributed by atoms with Gasteiger partial charge in [0.25, 0.3) is 5.91 Å². The first-order chi connectivity index (χ1) is 11.5. The Bertz CT molecular complexity index is 739. The normalized spacial score (nSPS) is 14.8. The summed E-state index contributed by atoms with van der Waals surface area (Å²) in [4.78, 5) is 28.2. The fourth-order valence-corrected chi connectivity index (χ4v) is 3.78. The average molecular weight is 411 g/mol.